The second-order valence-corrected chi connectivity index (χ2v) is 3.77. The van der Waals surface area contributed by atoms with Crippen LogP contribution in [0.2, 0.25) is 0 Å². The van der Waals surface area contributed by atoms with Gasteiger partial charge in [0.2, 0.25) is 0 Å². The van der Waals surface area contributed by atoms with Crippen molar-refractivity contribution in [2.24, 2.45) is 0 Å². The topological polar surface area (TPSA) is 38.0 Å². The van der Waals surface area contributed by atoms with Gasteiger partial charge in [-0.25, -0.2) is 0 Å². The van der Waals surface area contributed by atoms with Crippen molar-refractivity contribution < 1.29 is 5.11 Å². The third-order valence-corrected chi connectivity index (χ3v) is 2.34. The molecule has 78 valence electrons. The summed E-state index contributed by atoms with van der Waals surface area (Å²) in [6, 6.07) is 9.50. The average Bonchev–Trinajstić information content (AvgIpc) is 2.67. The van der Waals surface area contributed by atoms with Gasteiger partial charge in [0.1, 0.15) is 5.75 Å². The Balaban J connectivity index is 2.55. The molecule has 0 aliphatic heterocycles. The molecule has 1 N–H and O–H groups in total. The maximum Gasteiger partial charge on any atom is 0.124 e. The van der Waals surface area contributed by atoms with E-state index in [1.54, 1.807) is 12.3 Å². The molecule has 15 heavy (non-hydrogen) atoms. The van der Waals surface area contributed by atoms with Crippen molar-refractivity contribution in [3.63, 3.8) is 0 Å². The fraction of sp³-hybridized carbons (Fsp3) is 0.250. The Bertz CT molecular complexity index is 460. The molecule has 0 spiro atoms. The Labute approximate surface area is 89.0 Å². The quantitative estimate of drug-likeness (QED) is 0.813. The number of phenolic OH excluding ortho intramolecular Hbond substituents is 1. The molecular formula is C12H14N2O. The lowest BCUT2D eigenvalue weighted by molar-refractivity contribution is 0.474. The van der Waals surface area contributed by atoms with Gasteiger partial charge in [-0.05, 0) is 32.0 Å². The molecule has 1 heterocycles. The molecule has 0 aliphatic rings. The molecule has 1 aromatic carbocycles. The van der Waals surface area contributed by atoms with Gasteiger partial charge in [-0.3, -0.25) is 4.68 Å². The number of rotatable bonds is 2. The number of hydrogen-bond acceptors (Lipinski definition) is 2. The molecule has 0 radical (unpaired) electrons. The molecule has 2 rings (SSSR count). The van der Waals surface area contributed by atoms with E-state index in [1.165, 1.54) is 0 Å². The molecule has 1 aromatic heterocycles. The average molecular weight is 202 g/mol. The zero-order chi connectivity index (χ0) is 10.8. The van der Waals surface area contributed by atoms with Crippen LogP contribution in [-0.2, 0) is 0 Å². The van der Waals surface area contributed by atoms with Gasteiger partial charge >= 0.3 is 0 Å². The van der Waals surface area contributed by atoms with Crippen molar-refractivity contribution >= 4 is 0 Å². The lowest BCUT2D eigenvalue weighted by Crippen LogP contribution is -2.04. The number of aromatic hydroxyl groups is 1. The van der Waals surface area contributed by atoms with Crippen LogP contribution in [-0.4, -0.2) is 14.9 Å². The number of hydrogen-bond donors (Lipinski definition) is 1. The van der Waals surface area contributed by atoms with Gasteiger partial charge in [-0.1, -0.05) is 12.1 Å². The molecule has 3 nitrogen and oxygen atoms in total. The molecule has 3 heteroatoms. The van der Waals surface area contributed by atoms with Gasteiger partial charge in [-0.2, -0.15) is 5.10 Å². The van der Waals surface area contributed by atoms with Crippen LogP contribution in [0.1, 0.15) is 19.9 Å². The maximum atomic E-state index is 9.75. The van der Waals surface area contributed by atoms with Crippen LogP contribution in [0.3, 0.4) is 0 Å². The summed E-state index contributed by atoms with van der Waals surface area (Å²) >= 11 is 0. The highest BCUT2D eigenvalue weighted by Gasteiger charge is 2.10. The van der Waals surface area contributed by atoms with E-state index >= 15 is 0 Å². The monoisotopic (exact) mass is 202 g/mol. The minimum Gasteiger partial charge on any atom is -0.507 e. The maximum absolute atomic E-state index is 9.75. The molecule has 0 bridgehead atoms. The lowest BCUT2D eigenvalue weighted by Gasteiger charge is -2.11. The van der Waals surface area contributed by atoms with Gasteiger partial charge in [0, 0.05) is 17.8 Å². The predicted molar refractivity (Wildman–Crippen MR) is 59.7 cm³/mol. The number of phenols is 1. The van der Waals surface area contributed by atoms with Crippen molar-refractivity contribution in [2.45, 2.75) is 19.9 Å². The molecule has 0 amide bonds. The van der Waals surface area contributed by atoms with Crippen LogP contribution in [0.25, 0.3) is 11.3 Å². The summed E-state index contributed by atoms with van der Waals surface area (Å²) in [4.78, 5) is 0. The summed E-state index contributed by atoms with van der Waals surface area (Å²) in [6.45, 7) is 4.13. The van der Waals surface area contributed by atoms with Crippen molar-refractivity contribution in [3.8, 4) is 17.0 Å². The fourth-order valence-corrected chi connectivity index (χ4v) is 1.63. The standard InChI is InChI=1S/C12H14N2O/c1-9(2)14-11(7-8-13-14)10-5-3-4-6-12(10)15/h3-9,15H,1-2H3. The summed E-state index contributed by atoms with van der Waals surface area (Å²) in [5.41, 5.74) is 1.77. The molecule has 0 saturated heterocycles. The van der Waals surface area contributed by atoms with Crippen molar-refractivity contribution in [2.75, 3.05) is 0 Å². The van der Waals surface area contributed by atoms with E-state index in [0.717, 1.165) is 11.3 Å². The van der Waals surface area contributed by atoms with E-state index in [9.17, 15) is 5.11 Å². The Morgan fingerprint density at radius 3 is 2.60 bits per heavy atom. The zero-order valence-electron chi connectivity index (χ0n) is 8.88. The molecule has 0 unspecified atom stereocenters. The molecule has 2 aromatic rings. The summed E-state index contributed by atoms with van der Waals surface area (Å²) in [5.74, 6) is 0.292. The molecule has 0 aliphatic carbocycles. The Morgan fingerprint density at radius 2 is 1.93 bits per heavy atom. The highest BCUT2D eigenvalue weighted by atomic mass is 16.3. The highest BCUT2D eigenvalue weighted by molar-refractivity contribution is 5.66. The fourth-order valence-electron chi connectivity index (χ4n) is 1.63. The van der Waals surface area contributed by atoms with Gasteiger partial charge < -0.3 is 5.11 Å². The van der Waals surface area contributed by atoms with E-state index in [-0.39, 0.29) is 6.04 Å². The first-order valence-electron chi connectivity index (χ1n) is 5.02. The predicted octanol–water partition coefficient (Wildman–Crippen LogP) is 2.84. The smallest absolute Gasteiger partial charge is 0.124 e. The van der Waals surface area contributed by atoms with Crippen LogP contribution in [0.4, 0.5) is 0 Å². The van der Waals surface area contributed by atoms with Crippen molar-refractivity contribution in [3.05, 3.63) is 36.5 Å². The summed E-state index contributed by atoms with van der Waals surface area (Å²) < 4.78 is 1.90. The third-order valence-electron chi connectivity index (χ3n) is 2.34. The van der Waals surface area contributed by atoms with E-state index in [0.29, 0.717) is 5.75 Å². The number of para-hydroxylation sites is 1. The van der Waals surface area contributed by atoms with Gasteiger partial charge in [0.25, 0.3) is 0 Å². The van der Waals surface area contributed by atoms with Crippen molar-refractivity contribution in [1.82, 2.24) is 9.78 Å². The molecule has 0 saturated carbocycles. The second-order valence-electron chi connectivity index (χ2n) is 3.77. The van der Waals surface area contributed by atoms with E-state index in [2.05, 4.69) is 18.9 Å². The Kier molecular flexibility index (Phi) is 2.46. The van der Waals surface area contributed by atoms with E-state index < -0.39 is 0 Å². The van der Waals surface area contributed by atoms with E-state index in [1.807, 2.05) is 28.9 Å². The summed E-state index contributed by atoms with van der Waals surface area (Å²) in [5, 5.41) is 14.0. The van der Waals surface area contributed by atoms with Gasteiger partial charge in [0.15, 0.2) is 0 Å². The summed E-state index contributed by atoms with van der Waals surface area (Å²) in [7, 11) is 0. The lowest BCUT2D eigenvalue weighted by atomic mass is 10.1. The Hall–Kier alpha value is -1.77. The van der Waals surface area contributed by atoms with Gasteiger partial charge in [0.05, 0.1) is 5.69 Å². The van der Waals surface area contributed by atoms with Crippen LogP contribution >= 0.6 is 0 Å². The van der Waals surface area contributed by atoms with Crippen LogP contribution < -0.4 is 0 Å². The largest absolute Gasteiger partial charge is 0.507 e. The van der Waals surface area contributed by atoms with Crippen LogP contribution in [0.15, 0.2) is 36.5 Å². The molecule has 0 fully saturated rings. The number of benzene rings is 1. The highest BCUT2D eigenvalue weighted by Crippen LogP contribution is 2.29. The molecular weight excluding hydrogens is 188 g/mol. The number of aromatic nitrogens is 2. The Morgan fingerprint density at radius 1 is 1.20 bits per heavy atom. The first kappa shape index (κ1) is 9.77. The second kappa shape index (κ2) is 3.77. The molecule has 0 atom stereocenters. The van der Waals surface area contributed by atoms with Crippen LogP contribution in [0.5, 0.6) is 5.75 Å². The zero-order valence-corrected chi connectivity index (χ0v) is 8.88. The minimum absolute atomic E-state index is 0.287. The first-order chi connectivity index (χ1) is 7.20. The SMILES string of the molecule is CC(C)n1nccc1-c1ccccc1O. The minimum atomic E-state index is 0.287. The van der Waals surface area contributed by atoms with Crippen LogP contribution in [0, 0.1) is 0 Å². The van der Waals surface area contributed by atoms with E-state index in [4.69, 9.17) is 0 Å². The third kappa shape index (κ3) is 1.73. The first-order valence-corrected chi connectivity index (χ1v) is 5.02. The normalized spacial score (nSPS) is 10.9. The van der Waals surface area contributed by atoms with Crippen molar-refractivity contribution in [1.29, 1.82) is 0 Å². The number of nitrogens with zero attached hydrogens (tertiary/aromatic N) is 2. The van der Waals surface area contributed by atoms with Gasteiger partial charge in [-0.15, -0.1) is 0 Å². The summed E-state index contributed by atoms with van der Waals surface area (Å²) in [6.07, 6.45) is 1.75.